The van der Waals surface area contributed by atoms with Crippen LogP contribution in [0.1, 0.15) is 80.1 Å². The first-order valence-electron chi connectivity index (χ1n) is 14.3. The fourth-order valence-corrected chi connectivity index (χ4v) is 7.48. The maximum absolute atomic E-state index is 14.6. The second-order valence-electron chi connectivity index (χ2n) is 13.2. The maximum Gasteiger partial charge on any atom is 0.313 e. The van der Waals surface area contributed by atoms with Crippen LogP contribution in [0.5, 0.6) is 0 Å². The van der Waals surface area contributed by atoms with Crippen LogP contribution in [0, 0.1) is 17.3 Å². The van der Waals surface area contributed by atoms with Crippen LogP contribution in [0.2, 0.25) is 0 Å². The van der Waals surface area contributed by atoms with Crippen LogP contribution < -0.4 is 0 Å². The van der Waals surface area contributed by atoms with Gasteiger partial charge in [0.15, 0.2) is 0 Å². The lowest BCUT2D eigenvalue weighted by molar-refractivity contribution is -0.163. The van der Waals surface area contributed by atoms with E-state index in [1.54, 1.807) is 4.90 Å². The predicted octanol–water partition coefficient (Wildman–Crippen LogP) is 3.63. The number of amides is 2. The number of esters is 1. The number of carbonyl (C=O) groups excluding carboxylic acids is 3. The van der Waals surface area contributed by atoms with Gasteiger partial charge in [-0.2, -0.15) is 0 Å². The summed E-state index contributed by atoms with van der Waals surface area (Å²) in [7, 11) is 0. The number of rotatable bonds is 8. The third-order valence-electron chi connectivity index (χ3n) is 8.65. The highest BCUT2D eigenvalue weighted by atomic mass is 16.6. The van der Waals surface area contributed by atoms with E-state index in [0.29, 0.717) is 38.8 Å². The van der Waals surface area contributed by atoms with Crippen LogP contribution in [0.15, 0.2) is 24.3 Å². The molecule has 1 spiro atoms. The monoisotopic (exact) mass is 530 g/mol. The first kappa shape index (κ1) is 28.8. The van der Waals surface area contributed by atoms with E-state index >= 15 is 0 Å². The van der Waals surface area contributed by atoms with E-state index in [4.69, 9.17) is 9.47 Å². The highest BCUT2D eigenvalue weighted by Gasteiger charge is 2.75. The number of aliphatic hydroxyl groups excluding tert-OH is 1. The number of unbranched alkanes of at least 4 members (excludes halogenated alkanes) is 2. The minimum absolute atomic E-state index is 0.00831. The number of hydrogen-bond acceptors (Lipinski definition) is 6. The van der Waals surface area contributed by atoms with Crippen LogP contribution in [0.3, 0.4) is 0 Å². The SMILES string of the molecule is CC[C@]12C=CCCOC(=O)[C@H]1[C@H]1C(=O)N(CCCCCO)C3C(=O)N(C(C)(C)CC(C)(C)C)CC=C[C@@]31O2. The number of nitrogens with zero attached hydrogens (tertiary/aromatic N) is 2. The Morgan fingerprint density at radius 3 is 2.39 bits per heavy atom. The standard InChI is InChI=1S/C30H46N2O6/c1-7-29-14-9-12-19-37-26(36)22(29)21-24(34)31(16-10-8-11-18-33)23-25(35)32(17-13-15-30(21,23)38-29)28(5,6)20-27(2,3)4/h9,13-15,21-23,33H,7-8,10-12,16-20H2,1-6H3/t21-,22+,23?,29-,30-/m0/s1. The summed E-state index contributed by atoms with van der Waals surface area (Å²) < 4.78 is 12.5. The van der Waals surface area contributed by atoms with Crippen molar-refractivity contribution in [2.45, 2.75) is 103 Å². The summed E-state index contributed by atoms with van der Waals surface area (Å²) in [4.78, 5) is 45.9. The van der Waals surface area contributed by atoms with Crippen LogP contribution >= 0.6 is 0 Å². The van der Waals surface area contributed by atoms with Crippen molar-refractivity contribution in [3.05, 3.63) is 24.3 Å². The number of carbonyl (C=O) groups is 3. The number of fused-ring (bicyclic) bond motifs is 2. The van der Waals surface area contributed by atoms with E-state index < -0.39 is 40.6 Å². The van der Waals surface area contributed by atoms with Crippen molar-refractivity contribution in [2.75, 3.05) is 26.3 Å². The lowest BCUT2D eigenvalue weighted by atomic mass is 9.73. The number of ether oxygens (including phenoxy) is 2. The molecule has 4 aliphatic heterocycles. The summed E-state index contributed by atoms with van der Waals surface area (Å²) in [5.41, 5.74) is -2.74. The Hall–Kier alpha value is -2.19. The summed E-state index contributed by atoms with van der Waals surface area (Å²) >= 11 is 0. The molecule has 8 nitrogen and oxygen atoms in total. The van der Waals surface area contributed by atoms with Gasteiger partial charge in [0.2, 0.25) is 11.8 Å². The van der Waals surface area contributed by atoms with Crippen molar-refractivity contribution in [3.8, 4) is 0 Å². The topological polar surface area (TPSA) is 96.4 Å². The molecule has 0 bridgehead atoms. The largest absolute Gasteiger partial charge is 0.465 e. The van der Waals surface area contributed by atoms with Crippen molar-refractivity contribution in [2.24, 2.45) is 17.3 Å². The first-order valence-corrected chi connectivity index (χ1v) is 14.3. The summed E-state index contributed by atoms with van der Waals surface area (Å²) in [5, 5.41) is 9.26. The lowest BCUT2D eigenvalue weighted by Crippen LogP contribution is -2.60. The molecule has 4 heterocycles. The van der Waals surface area contributed by atoms with Crippen molar-refractivity contribution < 1.29 is 29.0 Å². The molecule has 2 saturated heterocycles. The average molecular weight is 531 g/mol. The normalized spacial score (nSPS) is 33.4. The Balaban J connectivity index is 1.82. The molecule has 0 saturated carbocycles. The average Bonchev–Trinajstić information content (AvgIpc) is 3.15. The quantitative estimate of drug-likeness (QED) is 0.293. The zero-order chi connectivity index (χ0) is 27.9. The molecule has 1 N–H and O–H groups in total. The number of hydrogen-bond donors (Lipinski definition) is 1. The Bertz CT molecular complexity index is 997. The second kappa shape index (κ2) is 10.4. The second-order valence-corrected chi connectivity index (χ2v) is 13.2. The van der Waals surface area contributed by atoms with Crippen molar-refractivity contribution in [1.82, 2.24) is 9.80 Å². The Morgan fingerprint density at radius 2 is 1.74 bits per heavy atom. The van der Waals surface area contributed by atoms with Crippen LogP contribution in [-0.4, -0.2) is 81.8 Å². The summed E-state index contributed by atoms with van der Waals surface area (Å²) in [6.45, 7) is 13.7. The van der Waals surface area contributed by atoms with Gasteiger partial charge in [0.05, 0.1) is 12.5 Å². The van der Waals surface area contributed by atoms with E-state index in [1.807, 2.05) is 36.1 Å². The van der Waals surface area contributed by atoms with Crippen molar-refractivity contribution in [1.29, 1.82) is 0 Å². The van der Waals surface area contributed by atoms with Gasteiger partial charge >= 0.3 is 5.97 Å². The van der Waals surface area contributed by atoms with Crippen LogP contribution in [-0.2, 0) is 23.9 Å². The van der Waals surface area contributed by atoms with Gasteiger partial charge in [0.1, 0.15) is 23.2 Å². The minimum atomic E-state index is -1.26. The van der Waals surface area contributed by atoms with E-state index in [9.17, 15) is 19.5 Å². The smallest absolute Gasteiger partial charge is 0.313 e. The molecule has 0 aromatic heterocycles. The fraction of sp³-hybridized carbons (Fsp3) is 0.767. The molecule has 212 valence electrons. The number of cyclic esters (lactones) is 1. The lowest BCUT2D eigenvalue weighted by Gasteiger charge is -2.45. The molecule has 4 aliphatic rings. The van der Waals surface area contributed by atoms with Gasteiger partial charge in [-0.1, -0.05) is 52.0 Å². The van der Waals surface area contributed by atoms with Gasteiger partial charge in [0.25, 0.3) is 0 Å². The predicted molar refractivity (Wildman–Crippen MR) is 144 cm³/mol. The molecule has 2 amide bonds. The molecule has 5 atom stereocenters. The Labute approximate surface area is 227 Å². The molecule has 2 fully saturated rings. The summed E-state index contributed by atoms with van der Waals surface area (Å²) in [6.07, 6.45) is 11.6. The number of aliphatic hydroxyl groups is 1. The van der Waals surface area contributed by atoms with Gasteiger partial charge in [-0.05, 0) is 57.8 Å². The fourth-order valence-electron chi connectivity index (χ4n) is 7.48. The molecule has 1 unspecified atom stereocenters. The number of likely N-dealkylation sites (tertiary alicyclic amines) is 1. The zero-order valence-corrected chi connectivity index (χ0v) is 24.0. The third-order valence-corrected chi connectivity index (χ3v) is 8.65. The molecule has 0 radical (unpaired) electrons. The molecule has 38 heavy (non-hydrogen) atoms. The Kier molecular flexibility index (Phi) is 7.90. The summed E-state index contributed by atoms with van der Waals surface area (Å²) in [6, 6.07) is -0.870. The van der Waals surface area contributed by atoms with Gasteiger partial charge in [-0.25, -0.2) is 0 Å². The van der Waals surface area contributed by atoms with Crippen LogP contribution in [0.4, 0.5) is 0 Å². The van der Waals surface area contributed by atoms with Crippen LogP contribution in [0.25, 0.3) is 0 Å². The van der Waals surface area contributed by atoms with Crippen molar-refractivity contribution >= 4 is 17.8 Å². The van der Waals surface area contributed by atoms with Crippen molar-refractivity contribution in [3.63, 3.8) is 0 Å². The molecule has 0 aliphatic carbocycles. The molecule has 0 aromatic carbocycles. The van der Waals surface area contributed by atoms with E-state index in [-0.39, 0.29) is 30.4 Å². The van der Waals surface area contributed by atoms with E-state index in [2.05, 4.69) is 34.6 Å². The zero-order valence-electron chi connectivity index (χ0n) is 24.0. The van der Waals surface area contributed by atoms with Gasteiger partial charge in [-0.15, -0.1) is 0 Å². The van der Waals surface area contributed by atoms with Gasteiger partial charge in [-0.3, -0.25) is 14.4 Å². The van der Waals surface area contributed by atoms with E-state index in [1.165, 1.54) is 0 Å². The highest BCUT2D eigenvalue weighted by molar-refractivity contribution is 5.99. The first-order chi connectivity index (χ1) is 17.8. The minimum Gasteiger partial charge on any atom is -0.465 e. The maximum atomic E-state index is 14.6. The molecule has 8 heteroatoms. The molecule has 4 rings (SSSR count). The van der Waals surface area contributed by atoms with E-state index in [0.717, 1.165) is 12.8 Å². The molecular formula is C30H46N2O6. The van der Waals surface area contributed by atoms with Gasteiger partial charge < -0.3 is 24.4 Å². The summed E-state index contributed by atoms with van der Waals surface area (Å²) in [5.74, 6) is -2.46. The molecule has 0 aromatic rings. The third kappa shape index (κ3) is 4.83. The highest BCUT2D eigenvalue weighted by Crippen LogP contribution is 2.58. The van der Waals surface area contributed by atoms with Gasteiger partial charge in [0, 0.05) is 25.2 Å². The molecular weight excluding hydrogens is 484 g/mol. The Morgan fingerprint density at radius 1 is 1.00 bits per heavy atom.